The number of fused-ring (bicyclic) bond motifs is 1. The summed E-state index contributed by atoms with van der Waals surface area (Å²) in [5.74, 6) is 5.30. The first-order valence-electron chi connectivity index (χ1n) is 6.56. The van der Waals surface area contributed by atoms with Gasteiger partial charge in [-0.15, -0.1) is 5.92 Å². The van der Waals surface area contributed by atoms with Gasteiger partial charge in [0.05, 0.1) is 12.9 Å². The lowest BCUT2D eigenvalue weighted by atomic mass is 9.94. The Morgan fingerprint density at radius 2 is 2.23 bits per heavy atom. The van der Waals surface area contributed by atoms with Crippen molar-refractivity contribution in [2.24, 2.45) is 0 Å². The van der Waals surface area contributed by atoms with Crippen LogP contribution in [0.15, 0.2) is 12.7 Å². The van der Waals surface area contributed by atoms with Crippen LogP contribution in [0, 0.1) is 11.8 Å². The first-order chi connectivity index (χ1) is 10.5. The minimum absolute atomic E-state index is 0.186. The molecule has 3 rings (SSSR count). The maximum absolute atomic E-state index is 10.7. The minimum Gasteiger partial charge on any atom is -0.394 e. The molecule has 22 heavy (non-hydrogen) atoms. The monoisotopic (exact) mass is 305 g/mol. The number of hydrogen-bond donors (Lipinski definition) is 4. The summed E-state index contributed by atoms with van der Waals surface area (Å²) < 4.78 is 6.97. The van der Waals surface area contributed by atoms with Gasteiger partial charge < -0.3 is 25.8 Å². The van der Waals surface area contributed by atoms with E-state index in [0.717, 1.165) is 0 Å². The molecule has 1 saturated heterocycles. The van der Waals surface area contributed by atoms with Gasteiger partial charge in [-0.1, -0.05) is 5.92 Å². The van der Waals surface area contributed by atoms with Crippen molar-refractivity contribution in [3.63, 3.8) is 0 Å². The molecule has 3 heterocycles. The van der Waals surface area contributed by atoms with Gasteiger partial charge in [0, 0.05) is 0 Å². The van der Waals surface area contributed by atoms with Crippen LogP contribution in [-0.4, -0.2) is 59.3 Å². The Kier molecular flexibility index (Phi) is 3.46. The highest BCUT2D eigenvalue weighted by Gasteiger charge is 2.55. The van der Waals surface area contributed by atoms with Crippen molar-refractivity contribution < 1.29 is 20.1 Å². The molecule has 116 valence electrons. The van der Waals surface area contributed by atoms with E-state index in [1.54, 1.807) is 0 Å². The second-order valence-electron chi connectivity index (χ2n) is 4.94. The standard InChI is InChI=1S/C13H15N5O4/c1-2-3-13(21)9(20)7(4-19)22-12(13)18-6-17-8-10(14)15-5-16-11(8)18/h5-7,9,12,19-21H,4H2,1H3,(H2,14,15,16)/t7-,9-,12-,13-/m1/s1. The van der Waals surface area contributed by atoms with Crippen molar-refractivity contribution in [3.05, 3.63) is 12.7 Å². The van der Waals surface area contributed by atoms with E-state index in [0.29, 0.717) is 11.2 Å². The molecule has 0 aromatic carbocycles. The minimum atomic E-state index is -1.91. The molecule has 5 N–H and O–H groups in total. The van der Waals surface area contributed by atoms with Gasteiger partial charge in [0.2, 0.25) is 0 Å². The van der Waals surface area contributed by atoms with Gasteiger partial charge in [-0.3, -0.25) is 4.57 Å². The first kappa shape index (κ1) is 14.7. The molecule has 4 atom stereocenters. The van der Waals surface area contributed by atoms with Crippen molar-refractivity contribution in [3.8, 4) is 11.8 Å². The van der Waals surface area contributed by atoms with Gasteiger partial charge in [-0.2, -0.15) is 0 Å². The van der Waals surface area contributed by atoms with E-state index in [9.17, 15) is 15.3 Å². The van der Waals surface area contributed by atoms with E-state index in [2.05, 4.69) is 26.8 Å². The molecule has 9 nitrogen and oxygen atoms in total. The SMILES string of the molecule is CC#C[C@@]1(O)[C@H](O)[C@@H](CO)O[C@H]1n1cnc2c(N)ncnc21. The maximum Gasteiger partial charge on any atom is 0.199 e. The zero-order valence-electron chi connectivity index (χ0n) is 11.7. The fourth-order valence-corrected chi connectivity index (χ4v) is 2.57. The highest BCUT2D eigenvalue weighted by molar-refractivity contribution is 5.81. The average Bonchev–Trinajstić information content (AvgIpc) is 3.02. The molecule has 2 aromatic heterocycles. The number of nitrogens with zero attached hydrogens (tertiary/aromatic N) is 4. The van der Waals surface area contributed by atoms with E-state index in [1.807, 2.05) is 0 Å². The van der Waals surface area contributed by atoms with E-state index < -0.39 is 30.6 Å². The summed E-state index contributed by atoms with van der Waals surface area (Å²) in [6, 6.07) is 0. The third kappa shape index (κ3) is 1.93. The molecule has 0 saturated carbocycles. The molecule has 0 bridgehead atoms. The number of anilines is 1. The fraction of sp³-hybridized carbons (Fsp3) is 0.462. The molecule has 0 amide bonds. The van der Waals surface area contributed by atoms with Crippen molar-refractivity contribution in [1.29, 1.82) is 0 Å². The molecule has 2 aromatic rings. The Labute approximate surface area is 125 Å². The van der Waals surface area contributed by atoms with Crippen molar-refractivity contribution >= 4 is 17.0 Å². The third-order valence-electron chi connectivity index (χ3n) is 3.63. The Hall–Kier alpha value is -2.25. The van der Waals surface area contributed by atoms with Crippen molar-refractivity contribution in [2.45, 2.75) is 31.0 Å². The molecular weight excluding hydrogens is 290 g/mol. The second-order valence-corrected chi connectivity index (χ2v) is 4.94. The highest BCUT2D eigenvalue weighted by atomic mass is 16.6. The maximum atomic E-state index is 10.7. The van der Waals surface area contributed by atoms with Crippen LogP contribution in [0.3, 0.4) is 0 Å². The van der Waals surface area contributed by atoms with E-state index in [1.165, 1.54) is 24.1 Å². The smallest absolute Gasteiger partial charge is 0.199 e. The molecule has 1 aliphatic rings. The van der Waals surface area contributed by atoms with Crippen LogP contribution in [-0.2, 0) is 4.74 Å². The molecule has 0 unspecified atom stereocenters. The Bertz CT molecular complexity index is 767. The van der Waals surface area contributed by atoms with Gasteiger partial charge >= 0.3 is 0 Å². The fourth-order valence-electron chi connectivity index (χ4n) is 2.57. The van der Waals surface area contributed by atoms with Crippen LogP contribution in [0.4, 0.5) is 5.82 Å². The summed E-state index contributed by atoms with van der Waals surface area (Å²) in [5.41, 5.74) is 4.50. The molecule has 9 heteroatoms. The van der Waals surface area contributed by atoms with Gasteiger partial charge in [0.25, 0.3) is 0 Å². The summed E-state index contributed by atoms with van der Waals surface area (Å²) in [5, 5.41) is 30.2. The number of nitrogens with two attached hydrogens (primary N) is 1. The molecule has 1 aliphatic heterocycles. The lowest BCUT2D eigenvalue weighted by Gasteiger charge is -2.26. The Morgan fingerprint density at radius 1 is 1.45 bits per heavy atom. The summed E-state index contributed by atoms with van der Waals surface area (Å²) in [7, 11) is 0. The summed E-state index contributed by atoms with van der Waals surface area (Å²) in [6.45, 7) is 1.06. The van der Waals surface area contributed by atoms with Gasteiger partial charge in [0.1, 0.15) is 24.1 Å². The molecule has 0 spiro atoms. The first-order valence-corrected chi connectivity index (χ1v) is 6.56. The lowest BCUT2D eigenvalue weighted by molar-refractivity contribution is -0.0722. The Balaban J connectivity index is 2.15. The van der Waals surface area contributed by atoms with Crippen LogP contribution >= 0.6 is 0 Å². The number of hydrogen-bond acceptors (Lipinski definition) is 8. The highest BCUT2D eigenvalue weighted by Crippen LogP contribution is 2.39. The van der Waals surface area contributed by atoms with Crippen LogP contribution < -0.4 is 5.73 Å². The summed E-state index contributed by atoms with van der Waals surface area (Å²) in [6.07, 6.45) is -0.824. The number of aliphatic hydroxyl groups excluding tert-OH is 2. The number of imidazole rings is 1. The summed E-state index contributed by atoms with van der Waals surface area (Å²) >= 11 is 0. The zero-order chi connectivity index (χ0) is 15.9. The van der Waals surface area contributed by atoms with E-state index in [-0.39, 0.29) is 5.82 Å². The van der Waals surface area contributed by atoms with E-state index in [4.69, 9.17) is 10.5 Å². The van der Waals surface area contributed by atoms with Crippen LogP contribution in [0.1, 0.15) is 13.2 Å². The molecule has 1 fully saturated rings. The second kappa shape index (κ2) is 5.19. The topological polar surface area (TPSA) is 140 Å². The van der Waals surface area contributed by atoms with Crippen molar-refractivity contribution in [2.75, 3.05) is 12.3 Å². The lowest BCUT2D eigenvalue weighted by Crippen LogP contribution is -2.45. The number of aliphatic hydroxyl groups is 3. The third-order valence-corrected chi connectivity index (χ3v) is 3.63. The molecule has 0 aliphatic carbocycles. The Morgan fingerprint density at radius 3 is 2.91 bits per heavy atom. The van der Waals surface area contributed by atoms with Crippen LogP contribution in [0.2, 0.25) is 0 Å². The molecule has 0 radical (unpaired) electrons. The van der Waals surface area contributed by atoms with Gasteiger partial charge in [-0.25, -0.2) is 15.0 Å². The van der Waals surface area contributed by atoms with Gasteiger partial charge in [-0.05, 0) is 6.92 Å². The van der Waals surface area contributed by atoms with Crippen molar-refractivity contribution in [1.82, 2.24) is 19.5 Å². The summed E-state index contributed by atoms with van der Waals surface area (Å²) in [4.78, 5) is 12.0. The normalized spacial score (nSPS) is 31.2. The van der Waals surface area contributed by atoms with Crippen LogP contribution in [0.5, 0.6) is 0 Å². The predicted molar refractivity (Wildman–Crippen MR) is 75.1 cm³/mol. The molecular formula is C13H15N5O4. The average molecular weight is 305 g/mol. The number of ether oxygens (including phenoxy) is 1. The number of nitrogen functional groups attached to an aromatic ring is 1. The van der Waals surface area contributed by atoms with Crippen LogP contribution in [0.25, 0.3) is 11.2 Å². The number of rotatable bonds is 2. The number of aromatic nitrogens is 4. The quantitative estimate of drug-likeness (QED) is 0.487. The predicted octanol–water partition coefficient (Wildman–Crippen LogP) is -1.59. The largest absolute Gasteiger partial charge is 0.394 e. The zero-order valence-corrected chi connectivity index (χ0v) is 11.7. The van der Waals surface area contributed by atoms with Gasteiger partial charge in [0.15, 0.2) is 23.3 Å². The van der Waals surface area contributed by atoms with E-state index >= 15 is 0 Å².